The van der Waals surface area contributed by atoms with Crippen LogP contribution in [0.3, 0.4) is 0 Å². The average Bonchev–Trinajstić information content (AvgIpc) is 2.52. The summed E-state index contributed by atoms with van der Waals surface area (Å²) in [5, 5.41) is 3.54. The van der Waals surface area contributed by atoms with Gasteiger partial charge in [0.2, 0.25) is 0 Å². The third-order valence-electron chi connectivity index (χ3n) is 4.13. The van der Waals surface area contributed by atoms with Gasteiger partial charge in [0.1, 0.15) is 0 Å². The van der Waals surface area contributed by atoms with Crippen LogP contribution in [0, 0.1) is 0 Å². The van der Waals surface area contributed by atoms with Gasteiger partial charge in [-0.05, 0) is 37.9 Å². The zero-order valence-electron chi connectivity index (χ0n) is 12.8. The van der Waals surface area contributed by atoms with Gasteiger partial charge in [-0.2, -0.15) is 0 Å². The summed E-state index contributed by atoms with van der Waals surface area (Å²) in [7, 11) is 1.80. The predicted molar refractivity (Wildman–Crippen MR) is 83.9 cm³/mol. The van der Waals surface area contributed by atoms with Crippen LogP contribution in [0.15, 0.2) is 30.3 Å². The van der Waals surface area contributed by atoms with E-state index in [1.54, 1.807) is 7.11 Å². The number of rotatable bonds is 7. The van der Waals surface area contributed by atoms with Crippen molar-refractivity contribution in [2.45, 2.75) is 38.3 Å². The minimum absolute atomic E-state index is 0.367. The molecule has 1 aromatic rings. The third kappa shape index (κ3) is 4.05. The Morgan fingerprint density at radius 2 is 2.15 bits per heavy atom. The van der Waals surface area contributed by atoms with Gasteiger partial charge in [-0.15, -0.1) is 0 Å². The fraction of sp³-hybridized carbons (Fsp3) is 0.647. The lowest BCUT2D eigenvalue weighted by Gasteiger charge is -2.40. The molecule has 1 saturated heterocycles. The summed E-state index contributed by atoms with van der Waals surface area (Å²) in [5.41, 5.74) is 1.37. The molecule has 0 amide bonds. The third-order valence-corrected chi connectivity index (χ3v) is 4.13. The average molecular weight is 276 g/mol. The number of nitrogens with one attached hydrogen (secondary N) is 1. The van der Waals surface area contributed by atoms with Crippen molar-refractivity contribution in [2.75, 3.05) is 33.4 Å². The number of benzene rings is 1. The summed E-state index contributed by atoms with van der Waals surface area (Å²) in [4.78, 5) is 2.64. The molecule has 2 unspecified atom stereocenters. The molecule has 0 spiro atoms. The van der Waals surface area contributed by atoms with E-state index in [-0.39, 0.29) is 0 Å². The van der Waals surface area contributed by atoms with Crippen molar-refractivity contribution in [3.05, 3.63) is 35.9 Å². The molecule has 3 nitrogen and oxygen atoms in total. The zero-order valence-corrected chi connectivity index (χ0v) is 12.8. The first-order valence-electron chi connectivity index (χ1n) is 7.87. The van der Waals surface area contributed by atoms with Gasteiger partial charge >= 0.3 is 0 Å². The number of hydrogen-bond acceptors (Lipinski definition) is 3. The second-order valence-corrected chi connectivity index (χ2v) is 5.62. The number of piperidine rings is 1. The molecule has 1 aromatic carbocycles. The number of methoxy groups -OCH3 is 1. The summed E-state index contributed by atoms with van der Waals surface area (Å²) < 4.78 is 5.51. The van der Waals surface area contributed by atoms with Crippen molar-refractivity contribution < 1.29 is 4.74 Å². The molecule has 1 N–H and O–H groups in total. The number of ether oxygens (including phenoxy) is 1. The molecule has 0 bridgehead atoms. The van der Waals surface area contributed by atoms with Gasteiger partial charge in [-0.1, -0.05) is 37.3 Å². The summed E-state index contributed by atoms with van der Waals surface area (Å²) in [6.07, 6.45) is 3.75. The Bertz CT molecular complexity index is 363. The Kier molecular flexibility index (Phi) is 6.51. The van der Waals surface area contributed by atoms with Crippen LogP contribution in [-0.4, -0.2) is 44.3 Å². The highest BCUT2D eigenvalue weighted by Gasteiger charge is 2.27. The lowest BCUT2D eigenvalue weighted by atomic mass is 9.99. The monoisotopic (exact) mass is 276 g/mol. The minimum Gasteiger partial charge on any atom is -0.383 e. The van der Waals surface area contributed by atoms with E-state index in [1.165, 1.54) is 24.8 Å². The van der Waals surface area contributed by atoms with Gasteiger partial charge in [0, 0.05) is 19.7 Å². The molecule has 2 rings (SSSR count). The molecule has 0 radical (unpaired) electrons. The zero-order chi connectivity index (χ0) is 14.2. The van der Waals surface area contributed by atoms with E-state index in [1.807, 2.05) is 0 Å². The highest BCUT2D eigenvalue weighted by atomic mass is 16.5. The normalized spacial score (nSPS) is 21.1. The van der Waals surface area contributed by atoms with Gasteiger partial charge < -0.3 is 10.1 Å². The van der Waals surface area contributed by atoms with Crippen molar-refractivity contribution in [1.82, 2.24) is 10.2 Å². The van der Waals surface area contributed by atoms with Crippen LogP contribution in [0.1, 0.15) is 37.8 Å². The van der Waals surface area contributed by atoms with Gasteiger partial charge in [-0.25, -0.2) is 0 Å². The van der Waals surface area contributed by atoms with Gasteiger partial charge in [0.25, 0.3) is 0 Å². The quantitative estimate of drug-likeness (QED) is 0.829. The van der Waals surface area contributed by atoms with E-state index in [9.17, 15) is 0 Å². The maximum atomic E-state index is 5.51. The van der Waals surface area contributed by atoms with Crippen LogP contribution in [0.4, 0.5) is 0 Å². The van der Waals surface area contributed by atoms with E-state index < -0.39 is 0 Å². The van der Waals surface area contributed by atoms with Gasteiger partial charge in [0.15, 0.2) is 0 Å². The first-order chi connectivity index (χ1) is 9.86. The second kappa shape index (κ2) is 8.40. The van der Waals surface area contributed by atoms with E-state index in [0.29, 0.717) is 12.1 Å². The Morgan fingerprint density at radius 3 is 2.75 bits per heavy atom. The second-order valence-electron chi connectivity index (χ2n) is 5.62. The standard InChI is InChI=1S/C17H28N2O/c1-3-12-19(16-10-7-11-18-13-16)17(14-20-2)15-8-5-4-6-9-15/h4-6,8-9,16-18H,3,7,10-14H2,1-2H3. The topological polar surface area (TPSA) is 24.5 Å². The Balaban J connectivity index is 2.17. The molecular formula is C17H28N2O. The summed E-state index contributed by atoms with van der Waals surface area (Å²) in [5.74, 6) is 0. The lowest BCUT2D eigenvalue weighted by Crippen LogP contribution is -2.48. The molecule has 0 aromatic heterocycles. The SMILES string of the molecule is CCCN(C1CCCNC1)C(COC)c1ccccc1. The molecule has 0 saturated carbocycles. The molecule has 0 aliphatic carbocycles. The molecular weight excluding hydrogens is 248 g/mol. The van der Waals surface area contributed by atoms with Crippen molar-refractivity contribution >= 4 is 0 Å². The molecule has 1 fully saturated rings. The summed E-state index contributed by atoms with van der Waals surface area (Å²) in [6.45, 7) is 6.43. The number of nitrogens with zero attached hydrogens (tertiary/aromatic N) is 1. The summed E-state index contributed by atoms with van der Waals surface area (Å²) >= 11 is 0. The fourth-order valence-electron chi connectivity index (χ4n) is 3.18. The smallest absolute Gasteiger partial charge is 0.0659 e. The van der Waals surface area contributed by atoms with Crippen LogP contribution in [0.25, 0.3) is 0 Å². The molecule has 3 heteroatoms. The minimum atomic E-state index is 0.367. The van der Waals surface area contributed by atoms with E-state index in [0.717, 1.165) is 26.2 Å². The molecule has 2 atom stereocenters. The van der Waals surface area contributed by atoms with Gasteiger partial charge in [-0.3, -0.25) is 4.90 Å². The van der Waals surface area contributed by atoms with Crippen molar-refractivity contribution in [1.29, 1.82) is 0 Å². The highest BCUT2D eigenvalue weighted by molar-refractivity contribution is 5.19. The van der Waals surface area contributed by atoms with E-state index in [2.05, 4.69) is 47.5 Å². The van der Waals surface area contributed by atoms with Crippen LogP contribution in [0.5, 0.6) is 0 Å². The molecule has 112 valence electrons. The number of hydrogen-bond donors (Lipinski definition) is 1. The molecule has 1 aliphatic rings. The van der Waals surface area contributed by atoms with Crippen LogP contribution < -0.4 is 5.32 Å². The Labute approximate surface area is 123 Å². The predicted octanol–water partition coefficient (Wildman–Crippen LogP) is 2.84. The first-order valence-corrected chi connectivity index (χ1v) is 7.87. The van der Waals surface area contributed by atoms with Crippen LogP contribution in [0.2, 0.25) is 0 Å². The Morgan fingerprint density at radius 1 is 1.35 bits per heavy atom. The fourth-order valence-corrected chi connectivity index (χ4v) is 3.18. The van der Waals surface area contributed by atoms with E-state index in [4.69, 9.17) is 4.74 Å². The Hall–Kier alpha value is -0.900. The van der Waals surface area contributed by atoms with Crippen molar-refractivity contribution in [3.8, 4) is 0 Å². The lowest BCUT2D eigenvalue weighted by molar-refractivity contribution is 0.0503. The highest BCUT2D eigenvalue weighted by Crippen LogP contribution is 2.26. The molecule has 1 aliphatic heterocycles. The first kappa shape index (κ1) is 15.5. The summed E-state index contributed by atoms with van der Waals surface area (Å²) in [6, 6.07) is 11.8. The van der Waals surface area contributed by atoms with Crippen molar-refractivity contribution in [2.24, 2.45) is 0 Å². The van der Waals surface area contributed by atoms with Crippen molar-refractivity contribution in [3.63, 3.8) is 0 Å². The van der Waals surface area contributed by atoms with Crippen LogP contribution in [-0.2, 0) is 4.74 Å². The molecule has 1 heterocycles. The van der Waals surface area contributed by atoms with E-state index >= 15 is 0 Å². The molecule has 20 heavy (non-hydrogen) atoms. The largest absolute Gasteiger partial charge is 0.383 e. The maximum Gasteiger partial charge on any atom is 0.0659 e. The maximum absolute atomic E-state index is 5.51. The van der Waals surface area contributed by atoms with Gasteiger partial charge in [0.05, 0.1) is 12.6 Å². The van der Waals surface area contributed by atoms with Crippen LogP contribution >= 0.6 is 0 Å².